The molecule has 4 aromatic rings. The van der Waals surface area contributed by atoms with E-state index in [9.17, 15) is 19.5 Å². The van der Waals surface area contributed by atoms with Crippen LogP contribution in [0.2, 0.25) is 0 Å². The summed E-state index contributed by atoms with van der Waals surface area (Å²) in [4.78, 5) is 48.9. The van der Waals surface area contributed by atoms with Crippen LogP contribution in [0, 0.1) is 18.6 Å². The number of methoxy groups -OCH3 is 1. The number of fused-ring (bicyclic) bond motifs is 5. The molecule has 0 unspecified atom stereocenters. The number of piperazine rings is 1. The molecule has 14 heteroatoms. The SMILES string of the molecule is COc1cccc(F)c1-c1nc2c(cc1F)c1c(c(=O)n2-c2c(C)cnn2C(C)C)N(C)C(=O)[C@H]2CN(C(=O)O)[C@H](C)CN12. The summed E-state index contributed by atoms with van der Waals surface area (Å²) in [6, 6.07) is 3.55. The predicted octanol–water partition coefficient (Wildman–Crippen LogP) is 3.96. The van der Waals surface area contributed by atoms with Gasteiger partial charge in [-0.2, -0.15) is 5.10 Å². The van der Waals surface area contributed by atoms with Crippen LogP contribution in [-0.4, -0.2) is 80.7 Å². The predicted molar refractivity (Wildman–Crippen MR) is 159 cm³/mol. The Morgan fingerprint density at radius 1 is 1.14 bits per heavy atom. The van der Waals surface area contributed by atoms with Crippen molar-refractivity contribution in [3.8, 4) is 22.8 Å². The number of hydrogen-bond acceptors (Lipinski definition) is 7. The lowest BCUT2D eigenvalue weighted by atomic mass is 9.99. The minimum Gasteiger partial charge on any atom is -0.496 e. The number of ether oxygens (including phenoxy) is 1. The Balaban J connectivity index is 1.76. The van der Waals surface area contributed by atoms with E-state index in [-0.39, 0.29) is 58.5 Å². The monoisotopic (exact) mass is 607 g/mol. The number of halogens is 2. The summed E-state index contributed by atoms with van der Waals surface area (Å²) in [6.45, 7) is 7.14. The van der Waals surface area contributed by atoms with E-state index >= 15 is 8.78 Å². The fourth-order valence-corrected chi connectivity index (χ4v) is 6.26. The average Bonchev–Trinajstić information content (AvgIpc) is 3.36. The van der Waals surface area contributed by atoms with Crippen LogP contribution in [-0.2, 0) is 4.79 Å². The summed E-state index contributed by atoms with van der Waals surface area (Å²) >= 11 is 0. The van der Waals surface area contributed by atoms with Gasteiger partial charge >= 0.3 is 6.09 Å². The van der Waals surface area contributed by atoms with Gasteiger partial charge < -0.3 is 24.5 Å². The van der Waals surface area contributed by atoms with Crippen molar-refractivity contribution in [1.29, 1.82) is 0 Å². The van der Waals surface area contributed by atoms with Crippen LogP contribution in [0.3, 0.4) is 0 Å². The highest BCUT2D eigenvalue weighted by Crippen LogP contribution is 2.43. The first kappa shape index (κ1) is 29.1. The first-order chi connectivity index (χ1) is 20.9. The molecule has 0 aliphatic carbocycles. The van der Waals surface area contributed by atoms with Crippen LogP contribution in [0.25, 0.3) is 28.1 Å². The maximum absolute atomic E-state index is 16.2. The van der Waals surface area contributed by atoms with Gasteiger partial charge in [0.1, 0.15) is 34.8 Å². The van der Waals surface area contributed by atoms with Crippen LogP contribution in [0.1, 0.15) is 32.4 Å². The average molecular weight is 608 g/mol. The number of benzene rings is 1. The molecule has 230 valence electrons. The van der Waals surface area contributed by atoms with Crippen molar-refractivity contribution >= 4 is 34.4 Å². The normalized spacial score (nSPS) is 18.2. The van der Waals surface area contributed by atoms with Gasteiger partial charge in [-0.15, -0.1) is 0 Å². The summed E-state index contributed by atoms with van der Waals surface area (Å²) in [5.74, 6) is -1.72. The highest BCUT2D eigenvalue weighted by molar-refractivity contribution is 6.11. The first-order valence-electron chi connectivity index (χ1n) is 14.1. The lowest BCUT2D eigenvalue weighted by molar-refractivity contribution is -0.120. The molecule has 6 rings (SSSR count). The van der Waals surface area contributed by atoms with Gasteiger partial charge in [0, 0.05) is 36.6 Å². The number of pyridine rings is 2. The first-order valence-corrected chi connectivity index (χ1v) is 14.1. The maximum atomic E-state index is 16.2. The molecular formula is C30H31F2N7O5. The second-order valence-electron chi connectivity index (χ2n) is 11.4. The largest absolute Gasteiger partial charge is 0.496 e. The Hall–Kier alpha value is -5.01. The number of carbonyl (C=O) groups is 2. The minimum absolute atomic E-state index is 0.00997. The molecule has 5 heterocycles. The Morgan fingerprint density at radius 2 is 1.86 bits per heavy atom. The van der Waals surface area contributed by atoms with E-state index in [4.69, 9.17) is 4.74 Å². The van der Waals surface area contributed by atoms with Crippen LogP contribution >= 0.6 is 0 Å². The van der Waals surface area contributed by atoms with Gasteiger partial charge in [0.2, 0.25) is 0 Å². The Labute approximate surface area is 250 Å². The van der Waals surface area contributed by atoms with Crippen molar-refractivity contribution in [3.63, 3.8) is 0 Å². The zero-order chi connectivity index (χ0) is 31.8. The van der Waals surface area contributed by atoms with Crippen LogP contribution in [0.5, 0.6) is 5.75 Å². The van der Waals surface area contributed by atoms with Crippen LogP contribution in [0.4, 0.5) is 25.0 Å². The number of aryl methyl sites for hydroxylation is 1. The number of nitrogens with zero attached hydrogens (tertiary/aromatic N) is 7. The molecule has 2 aliphatic heterocycles. The van der Waals surface area contributed by atoms with Gasteiger partial charge in [0.25, 0.3) is 11.5 Å². The van der Waals surface area contributed by atoms with E-state index in [1.54, 1.807) is 29.6 Å². The van der Waals surface area contributed by atoms with E-state index in [0.29, 0.717) is 11.4 Å². The number of carbonyl (C=O) groups excluding carboxylic acids is 1. The van der Waals surface area contributed by atoms with Crippen molar-refractivity contribution in [3.05, 3.63) is 58.0 Å². The van der Waals surface area contributed by atoms with Gasteiger partial charge in [0.05, 0.1) is 31.1 Å². The summed E-state index contributed by atoms with van der Waals surface area (Å²) in [6.07, 6.45) is 0.419. The topological polar surface area (TPSA) is 126 Å². The van der Waals surface area contributed by atoms with Gasteiger partial charge in [-0.3, -0.25) is 9.59 Å². The van der Waals surface area contributed by atoms with Gasteiger partial charge in [-0.05, 0) is 45.9 Å². The summed E-state index contributed by atoms with van der Waals surface area (Å²) in [5.41, 5.74) is -0.338. The smallest absolute Gasteiger partial charge is 0.407 e. The molecule has 0 bridgehead atoms. The number of hydrogen-bond donors (Lipinski definition) is 1. The number of anilines is 2. The van der Waals surface area contributed by atoms with Crippen molar-refractivity contribution in [2.75, 3.05) is 37.0 Å². The molecule has 12 nitrogen and oxygen atoms in total. The zero-order valence-corrected chi connectivity index (χ0v) is 25.0. The van der Waals surface area contributed by atoms with E-state index in [0.717, 1.165) is 6.07 Å². The lowest BCUT2D eigenvalue weighted by Gasteiger charge is -2.49. The third-order valence-corrected chi connectivity index (χ3v) is 8.35. The van der Waals surface area contributed by atoms with Gasteiger partial charge in [-0.25, -0.2) is 27.8 Å². The van der Waals surface area contributed by atoms with Crippen molar-refractivity contribution in [1.82, 2.24) is 24.2 Å². The van der Waals surface area contributed by atoms with Gasteiger partial charge in [0.15, 0.2) is 11.5 Å². The molecular weight excluding hydrogens is 576 g/mol. The molecule has 44 heavy (non-hydrogen) atoms. The van der Waals surface area contributed by atoms with E-state index in [1.165, 1.54) is 46.7 Å². The molecule has 1 N–H and O–H groups in total. The molecule has 3 aromatic heterocycles. The molecule has 0 radical (unpaired) electrons. The quantitative estimate of drug-likeness (QED) is 0.370. The number of rotatable bonds is 4. The third-order valence-electron chi connectivity index (χ3n) is 8.35. The molecule has 2 amide bonds. The summed E-state index contributed by atoms with van der Waals surface area (Å²) in [5, 5.41) is 14.4. The molecule has 2 atom stereocenters. The number of likely N-dealkylation sites (N-methyl/N-ethyl adjacent to an activating group) is 1. The fourth-order valence-electron chi connectivity index (χ4n) is 6.26. The second kappa shape index (κ2) is 10.3. The molecule has 0 spiro atoms. The maximum Gasteiger partial charge on any atom is 0.407 e. The molecule has 1 saturated heterocycles. The Kier molecular flexibility index (Phi) is 6.82. The zero-order valence-electron chi connectivity index (χ0n) is 25.0. The van der Waals surface area contributed by atoms with E-state index < -0.39 is 41.3 Å². The second-order valence-corrected chi connectivity index (χ2v) is 11.4. The lowest BCUT2D eigenvalue weighted by Crippen LogP contribution is -2.66. The highest BCUT2D eigenvalue weighted by Gasteiger charge is 2.46. The number of carboxylic acid groups (broad SMARTS) is 1. The Morgan fingerprint density at radius 3 is 2.52 bits per heavy atom. The Bertz CT molecular complexity index is 1920. The van der Waals surface area contributed by atoms with Crippen LogP contribution in [0.15, 0.2) is 35.3 Å². The molecule has 0 saturated carbocycles. The van der Waals surface area contributed by atoms with Crippen LogP contribution < -0.4 is 20.1 Å². The molecule has 1 fully saturated rings. The molecule has 2 aliphatic rings. The summed E-state index contributed by atoms with van der Waals surface area (Å²) in [7, 11) is 2.77. The summed E-state index contributed by atoms with van der Waals surface area (Å²) < 4.78 is 39.7. The highest BCUT2D eigenvalue weighted by atomic mass is 19.1. The minimum atomic E-state index is -1.17. The molecule has 1 aromatic carbocycles. The van der Waals surface area contributed by atoms with E-state index in [1.807, 2.05) is 13.8 Å². The van der Waals surface area contributed by atoms with E-state index in [2.05, 4.69) is 10.1 Å². The van der Waals surface area contributed by atoms with Crippen molar-refractivity contribution in [2.24, 2.45) is 0 Å². The third kappa shape index (κ3) is 4.11. The standard InChI is InChI=1S/C30H31F2N7O5/c1-14(2)39-27(15(3)11-33-39)38-26-17(10-19(32)23(34-26)22-18(31)8-7-9-21(22)44-6)24-25(29(38)41)35(5)28(40)20-13-36(30(42)43)16(4)12-37(20)24/h7-11,14,16,20H,12-13H2,1-6H3,(H,42,43)/t16-,20-/m1/s1. The van der Waals surface area contributed by atoms with Crippen molar-refractivity contribution in [2.45, 2.75) is 45.8 Å². The number of amides is 2. The van der Waals surface area contributed by atoms with Gasteiger partial charge in [-0.1, -0.05) is 6.07 Å². The number of aromatic nitrogens is 4. The fraction of sp³-hybridized carbons (Fsp3) is 0.367. The van der Waals surface area contributed by atoms with Crippen molar-refractivity contribution < 1.29 is 28.2 Å².